The van der Waals surface area contributed by atoms with Gasteiger partial charge in [-0.25, -0.2) is 0 Å². The Bertz CT molecular complexity index is 209. The quantitative estimate of drug-likeness (QED) is 0.422. The molecule has 0 aromatic rings. The molecule has 1 amide bonds. The van der Waals surface area contributed by atoms with Gasteiger partial charge in [0.15, 0.2) is 0 Å². The minimum atomic E-state index is -0.342. The van der Waals surface area contributed by atoms with Gasteiger partial charge in [0, 0.05) is 5.57 Å². The number of carbonyl (C=O) groups is 1. The predicted molar refractivity (Wildman–Crippen MR) is 53.6 cm³/mol. The van der Waals surface area contributed by atoms with Gasteiger partial charge in [0.1, 0.15) is 0 Å². The molecule has 0 aliphatic heterocycles. The molecule has 0 unspecified atom stereocenters. The largest absolute Gasteiger partial charge is 0.366 e. The minimum absolute atomic E-state index is 0.319. The molecule has 0 heterocycles. The van der Waals surface area contributed by atoms with E-state index < -0.39 is 0 Å². The van der Waals surface area contributed by atoms with Gasteiger partial charge in [0.2, 0.25) is 5.91 Å². The lowest BCUT2D eigenvalue weighted by Crippen LogP contribution is -2.30. The second-order valence-corrected chi connectivity index (χ2v) is 3.18. The van der Waals surface area contributed by atoms with E-state index in [1.54, 1.807) is 0 Å². The van der Waals surface area contributed by atoms with Crippen LogP contribution in [-0.4, -0.2) is 12.1 Å². The second kappa shape index (κ2) is 5.72. The molecule has 0 bridgehead atoms. The number of primary amides is 1. The standard InChI is InChI=1S/C9H19N3O/c1-3-7(9(12)13)6(2)4-5-8(10)11/h8H,3-5,10-11H2,1-2H3,(H2,12,13). The van der Waals surface area contributed by atoms with Crippen molar-refractivity contribution in [3.63, 3.8) is 0 Å². The van der Waals surface area contributed by atoms with E-state index in [1.165, 1.54) is 0 Å². The maximum atomic E-state index is 10.9. The Morgan fingerprint density at radius 3 is 2.23 bits per heavy atom. The summed E-state index contributed by atoms with van der Waals surface area (Å²) in [5.41, 5.74) is 17.7. The molecular formula is C9H19N3O. The maximum absolute atomic E-state index is 10.9. The zero-order chi connectivity index (χ0) is 10.4. The fourth-order valence-electron chi connectivity index (χ4n) is 1.22. The number of carbonyl (C=O) groups excluding carboxylic acids is 1. The van der Waals surface area contributed by atoms with E-state index in [0.29, 0.717) is 18.4 Å². The smallest absolute Gasteiger partial charge is 0.244 e. The Balaban J connectivity index is 4.30. The van der Waals surface area contributed by atoms with E-state index in [-0.39, 0.29) is 12.1 Å². The average molecular weight is 185 g/mol. The summed E-state index contributed by atoms with van der Waals surface area (Å²) < 4.78 is 0. The summed E-state index contributed by atoms with van der Waals surface area (Å²) in [6, 6.07) is 0. The molecule has 0 aliphatic rings. The Kier molecular flexibility index (Phi) is 5.34. The van der Waals surface area contributed by atoms with Crippen molar-refractivity contribution in [3.05, 3.63) is 11.1 Å². The molecule has 6 N–H and O–H groups in total. The van der Waals surface area contributed by atoms with E-state index in [9.17, 15) is 4.79 Å². The van der Waals surface area contributed by atoms with Crippen LogP contribution in [0.3, 0.4) is 0 Å². The molecule has 0 radical (unpaired) electrons. The molecule has 0 atom stereocenters. The zero-order valence-corrected chi connectivity index (χ0v) is 8.34. The normalized spacial score (nSPS) is 13.0. The highest BCUT2D eigenvalue weighted by molar-refractivity contribution is 5.92. The molecular weight excluding hydrogens is 166 g/mol. The van der Waals surface area contributed by atoms with Crippen LogP contribution >= 0.6 is 0 Å². The number of hydrogen-bond donors (Lipinski definition) is 3. The van der Waals surface area contributed by atoms with Crippen molar-refractivity contribution < 1.29 is 4.79 Å². The molecule has 13 heavy (non-hydrogen) atoms. The third-order valence-corrected chi connectivity index (χ3v) is 2.02. The van der Waals surface area contributed by atoms with Crippen LogP contribution in [0, 0.1) is 0 Å². The number of allylic oxidation sites excluding steroid dienone is 1. The number of amides is 1. The van der Waals surface area contributed by atoms with Crippen molar-refractivity contribution >= 4 is 5.91 Å². The van der Waals surface area contributed by atoms with Crippen molar-refractivity contribution in [1.29, 1.82) is 0 Å². The Labute approximate surface area is 79.2 Å². The minimum Gasteiger partial charge on any atom is -0.366 e. The van der Waals surface area contributed by atoms with E-state index >= 15 is 0 Å². The third kappa shape index (κ3) is 4.65. The van der Waals surface area contributed by atoms with E-state index in [4.69, 9.17) is 17.2 Å². The molecule has 0 rings (SSSR count). The second-order valence-electron chi connectivity index (χ2n) is 3.18. The van der Waals surface area contributed by atoms with Gasteiger partial charge in [-0.3, -0.25) is 4.79 Å². The topological polar surface area (TPSA) is 95.1 Å². The fraction of sp³-hybridized carbons (Fsp3) is 0.667. The lowest BCUT2D eigenvalue weighted by molar-refractivity contribution is -0.114. The fourth-order valence-corrected chi connectivity index (χ4v) is 1.22. The van der Waals surface area contributed by atoms with Gasteiger partial charge in [0.25, 0.3) is 0 Å². The first-order valence-corrected chi connectivity index (χ1v) is 4.48. The van der Waals surface area contributed by atoms with Crippen molar-refractivity contribution in [2.45, 2.75) is 39.3 Å². The Hall–Kier alpha value is -0.870. The lowest BCUT2D eigenvalue weighted by Gasteiger charge is -2.08. The number of hydrogen-bond acceptors (Lipinski definition) is 3. The van der Waals surface area contributed by atoms with Crippen LogP contribution < -0.4 is 17.2 Å². The van der Waals surface area contributed by atoms with Crippen LogP contribution in [0.5, 0.6) is 0 Å². The first-order chi connectivity index (χ1) is 5.99. The zero-order valence-electron chi connectivity index (χ0n) is 8.34. The van der Waals surface area contributed by atoms with Gasteiger partial charge in [-0.1, -0.05) is 12.5 Å². The van der Waals surface area contributed by atoms with E-state index in [0.717, 1.165) is 12.0 Å². The lowest BCUT2D eigenvalue weighted by atomic mass is 10.0. The molecule has 0 fully saturated rings. The Morgan fingerprint density at radius 2 is 1.92 bits per heavy atom. The van der Waals surface area contributed by atoms with Crippen LogP contribution in [0.25, 0.3) is 0 Å². The van der Waals surface area contributed by atoms with Crippen LogP contribution in [0.15, 0.2) is 11.1 Å². The van der Waals surface area contributed by atoms with Gasteiger partial charge >= 0.3 is 0 Å². The summed E-state index contributed by atoms with van der Waals surface area (Å²) in [6.45, 7) is 3.80. The highest BCUT2D eigenvalue weighted by Crippen LogP contribution is 2.13. The first-order valence-electron chi connectivity index (χ1n) is 4.48. The van der Waals surface area contributed by atoms with Gasteiger partial charge < -0.3 is 17.2 Å². The SMILES string of the molecule is CCC(C(N)=O)=C(C)CCC(N)N. The molecule has 4 heteroatoms. The summed E-state index contributed by atoms with van der Waals surface area (Å²) in [5, 5.41) is 0. The molecule has 0 spiro atoms. The van der Waals surface area contributed by atoms with Gasteiger partial charge in [-0.05, 0) is 26.2 Å². The van der Waals surface area contributed by atoms with Gasteiger partial charge in [0.05, 0.1) is 6.17 Å². The van der Waals surface area contributed by atoms with Crippen molar-refractivity contribution in [1.82, 2.24) is 0 Å². The van der Waals surface area contributed by atoms with Crippen molar-refractivity contribution in [3.8, 4) is 0 Å². The maximum Gasteiger partial charge on any atom is 0.244 e. The number of nitrogens with two attached hydrogens (primary N) is 3. The molecule has 4 nitrogen and oxygen atoms in total. The molecule has 0 saturated carbocycles. The third-order valence-electron chi connectivity index (χ3n) is 2.02. The van der Waals surface area contributed by atoms with E-state index in [2.05, 4.69) is 0 Å². The number of rotatable bonds is 5. The Morgan fingerprint density at radius 1 is 1.38 bits per heavy atom. The first kappa shape index (κ1) is 12.1. The molecule has 0 aliphatic carbocycles. The van der Waals surface area contributed by atoms with Crippen LogP contribution in [0.1, 0.15) is 33.1 Å². The molecule has 0 aromatic carbocycles. The molecule has 0 aromatic heterocycles. The highest BCUT2D eigenvalue weighted by Gasteiger charge is 2.07. The monoisotopic (exact) mass is 185 g/mol. The highest BCUT2D eigenvalue weighted by atomic mass is 16.1. The summed E-state index contributed by atoms with van der Waals surface area (Å²) in [4.78, 5) is 10.9. The van der Waals surface area contributed by atoms with Crippen LogP contribution in [-0.2, 0) is 4.79 Å². The summed E-state index contributed by atoms with van der Waals surface area (Å²) in [7, 11) is 0. The van der Waals surface area contributed by atoms with Crippen LogP contribution in [0.4, 0.5) is 0 Å². The summed E-state index contributed by atoms with van der Waals surface area (Å²) in [6.07, 6.45) is 1.77. The van der Waals surface area contributed by atoms with Crippen molar-refractivity contribution in [2.24, 2.45) is 17.2 Å². The van der Waals surface area contributed by atoms with Gasteiger partial charge in [-0.15, -0.1) is 0 Å². The summed E-state index contributed by atoms with van der Waals surface area (Å²) >= 11 is 0. The summed E-state index contributed by atoms with van der Waals surface area (Å²) in [5.74, 6) is -0.342. The van der Waals surface area contributed by atoms with Crippen LogP contribution in [0.2, 0.25) is 0 Å². The predicted octanol–water partition coefficient (Wildman–Crippen LogP) is 0.222. The molecule has 0 saturated heterocycles. The van der Waals surface area contributed by atoms with E-state index in [1.807, 2.05) is 13.8 Å². The van der Waals surface area contributed by atoms with Crippen molar-refractivity contribution in [2.75, 3.05) is 0 Å². The molecule has 76 valence electrons. The average Bonchev–Trinajstić information content (AvgIpc) is 2.01. The van der Waals surface area contributed by atoms with Gasteiger partial charge in [-0.2, -0.15) is 0 Å².